The van der Waals surface area contributed by atoms with Gasteiger partial charge in [0.05, 0.1) is 30.2 Å². The number of nitrogens with two attached hydrogens (primary N) is 2. The zero-order valence-corrected chi connectivity index (χ0v) is 45.4. The summed E-state index contributed by atoms with van der Waals surface area (Å²) < 4.78 is 5.61. The molecule has 0 radical (unpaired) electrons. The number of benzene rings is 2. The second-order valence-electron chi connectivity index (χ2n) is 19.7. The van der Waals surface area contributed by atoms with Crippen LogP contribution in [0, 0.1) is 11.8 Å². The van der Waals surface area contributed by atoms with E-state index in [-0.39, 0.29) is 105 Å². The number of primary amides is 1. The molecule has 0 unspecified atom stereocenters. The molecule has 22 heteroatoms. The smallest absolute Gasteiger partial charge is 0.312 e. The van der Waals surface area contributed by atoms with Crippen molar-refractivity contribution in [1.29, 1.82) is 0 Å². The number of rotatable bonds is 32. The lowest BCUT2D eigenvalue weighted by Gasteiger charge is -2.24. The number of nitrogens with one attached hydrogen (secondary N) is 5. The molecule has 2 aliphatic rings. The van der Waals surface area contributed by atoms with Gasteiger partial charge in [-0.2, -0.15) is 0 Å². The third-order valence-corrected chi connectivity index (χ3v) is 12.9. The fraction of sp³-hybridized carbons (Fsp3) is 0.439. The van der Waals surface area contributed by atoms with Crippen LogP contribution in [0.15, 0.2) is 83.6 Å². The van der Waals surface area contributed by atoms with Gasteiger partial charge in [-0.15, -0.1) is 0 Å². The van der Waals surface area contributed by atoms with Crippen molar-refractivity contribution in [2.75, 3.05) is 50.0 Å². The number of urea groups is 1. The number of ketones is 2. The number of hydrogen-bond donors (Lipinski definition) is 7. The van der Waals surface area contributed by atoms with Gasteiger partial charge in [-0.25, -0.2) is 9.79 Å². The zero-order valence-electron chi connectivity index (χ0n) is 45.4. The van der Waals surface area contributed by atoms with Crippen molar-refractivity contribution in [3.05, 3.63) is 95.3 Å². The first-order chi connectivity index (χ1) is 37.8. The van der Waals surface area contributed by atoms with E-state index in [2.05, 4.69) is 36.6 Å². The average molecular weight is 1090 g/mol. The second kappa shape index (κ2) is 31.0. The number of amidine groups is 1. The summed E-state index contributed by atoms with van der Waals surface area (Å²) in [5.41, 5.74) is 14.9. The third kappa shape index (κ3) is 20.1. The zero-order chi connectivity index (χ0) is 57.4. The molecule has 2 atom stereocenters. The van der Waals surface area contributed by atoms with Crippen LogP contribution in [-0.2, 0) is 44.8 Å². The SMILES string of the molecule is CCCN(CCC)C(=O)C1=Cc2ccc(C(=O)Nc3cncc(CCC(=O)CNC(=O)COc4ccc(NC(=O)[C@H](CCCNC(N)=O)CC(=O)[C@@H](NC(=O)CCCCCN5C(=O)C=CC5=O)C(C)C)cc4)c3)cc2N=C(N)C1. The summed E-state index contributed by atoms with van der Waals surface area (Å²) in [5.74, 6) is -3.74. The number of hydrogen-bond acceptors (Lipinski definition) is 14. The van der Waals surface area contributed by atoms with Crippen molar-refractivity contribution >= 4 is 87.9 Å². The maximum absolute atomic E-state index is 13.7. The number of ether oxygens (including phenoxy) is 1. The van der Waals surface area contributed by atoms with Crippen LogP contribution in [0.4, 0.5) is 21.9 Å². The summed E-state index contributed by atoms with van der Waals surface area (Å²) >= 11 is 0. The molecule has 0 aliphatic carbocycles. The Bertz CT molecular complexity index is 2790. The summed E-state index contributed by atoms with van der Waals surface area (Å²) in [6, 6.07) is 11.3. The lowest BCUT2D eigenvalue weighted by Crippen LogP contribution is -2.45. The van der Waals surface area contributed by atoms with Gasteiger partial charge in [0, 0.05) is 98.5 Å². The van der Waals surface area contributed by atoms with Crippen molar-refractivity contribution in [3.63, 3.8) is 0 Å². The van der Waals surface area contributed by atoms with Gasteiger partial charge in [0.15, 0.2) is 18.2 Å². The lowest BCUT2D eigenvalue weighted by molar-refractivity contribution is -0.137. The first-order valence-corrected chi connectivity index (χ1v) is 26.8. The van der Waals surface area contributed by atoms with E-state index in [1.54, 1.807) is 62.5 Å². The minimum atomic E-state index is -0.870. The van der Waals surface area contributed by atoms with Gasteiger partial charge in [-0.3, -0.25) is 53.0 Å². The van der Waals surface area contributed by atoms with E-state index in [9.17, 15) is 47.9 Å². The largest absolute Gasteiger partial charge is 0.484 e. The van der Waals surface area contributed by atoms with Crippen molar-refractivity contribution in [3.8, 4) is 5.75 Å². The van der Waals surface area contributed by atoms with Crippen LogP contribution in [0.1, 0.15) is 120 Å². The van der Waals surface area contributed by atoms with Gasteiger partial charge < -0.3 is 47.7 Å². The molecular weight excluding hydrogens is 1010 g/mol. The number of carbonyl (C=O) groups excluding carboxylic acids is 10. The van der Waals surface area contributed by atoms with E-state index in [1.165, 1.54) is 30.5 Å². The molecular formula is C57H73N11O11. The standard InChI is InChI=1S/C57H73N11O11/c1-5-24-67(25-6-2)56(77)41-28-38-14-15-40(29-46(38)65-48(58)31-41)55(76)64-43-27-37(32-60-33-43)13-18-44(69)34-62-50(72)35-79-45-19-16-42(17-20-45)63-54(75)39(11-10-23-61-57(59)78)30-47(70)53(36(3)4)66-49(71)12-8-7-9-26-68-51(73)21-22-52(68)74/h14-17,19-22,27-29,32-33,36,39,53H,5-13,18,23-26,30-31,34-35H2,1-4H3,(H2,58,65)(H,62,72)(H,63,75)(H,64,76)(H,66,71)(H3,59,61,78)/t39-,53+/m1/s1. The van der Waals surface area contributed by atoms with Crippen LogP contribution in [0.25, 0.3) is 6.08 Å². The Kier molecular flexibility index (Phi) is 24.0. The third-order valence-electron chi connectivity index (χ3n) is 12.9. The molecule has 0 spiro atoms. The van der Waals surface area contributed by atoms with Crippen molar-refractivity contribution < 1.29 is 52.7 Å². The highest BCUT2D eigenvalue weighted by Crippen LogP contribution is 2.29. The number of anilines is 2. The maximum atomic E-state index is 13.7. The Morgan fingerprint density at radius 2 is 1.53 bits per heavy atom. The van der Waals surface area contributed by atoms with E-state index in [0.717, 1.165) is 17.7 Å². The number of aliphatic imine (C=N–C) groups is 1. The molecule has 9 N–H and O–H groups in total. The van der Waals surface area contributed by atoms with Crippen molar-refractivity contribution in [2.24, 2.45) is 28.3 Å². The molecule has 3 aromatic rings. The predicted octanol–water partition coefficient (Wildman–Crippen LogP) is 5.04. The topological polar surface area (TPSA) is 324 Å². The van der Waals surface area contributed by atoms with Crippen LogP contribution >= 0.6 is 0 Å². The summed E-state index contributed by atoms with van der Waals surface area (Å²) in [4.78, 5) is 139. The van der Waals surface area contributed by atoms with Crippen molar-refractivity contribution in [1.82, 2.24) is 30.7 Å². The summed E-state index contributed by atoms with van der Waals surface area (Å²) in [5, 5.41) is 13.5. The highest BCUT2D eigenvalue weighted by Gasteiger charge is 2.30. The van der Waals surface area contributed by atoms with Gasteiger partial charge in [-0.05, 0) is 105 Å². The van der Waals surface area contributed by atoms with Gasteiger partial charge in [0.25, 0.3) is 23.6 Å². The quantitative estimate of drug-likeness (QED) is 0.0319. The Labute approximate surface area is 460 Å². The molecule has 0 saturated carbocycles. The summed E-state index contributed by atoms with van der Waals surface area (Å²) in [6.45, 7) is 8.67. The number of carbonyl (C=O) groups is 10. The summed E-state index contributed by atoms with van der Waals surface area (Å²) in [7, 11) is 0. The highest BCUT2D eigenvalue weighted by atomic mass is 16.5. The van der Waals surface area contributed by atoms with E-state index in [0.29, 0.717) is 83.8 Å². The number of fused-ring (bicyclic) bond motifs is 1. The first-order valence-electron chi connectivity index (χ1n) is 26.8. The Balaban J connectivity index is 1.04. The number of pyridine rings is 1. The molecule has 422 valence electrons. The number of amides is 9. The molecule has 0 bridgehead atoms. The molecule has 0 fully saturated rings. The Morgan fingerprint density at radius 3 is 2.22 bits per heavy atom. The fourth-order valence-corrected chi connectivity index (χ4v) is 8.78. The van der Waals surface area contributed by atoms with E-state index >= 15 is 0 Å². The number of nitrogens with zero attached hydrogens (tertiary/aromatic N) is 4. The molecule has 9 amide bonds. The van der Waals surface area contributed by atoms with Gasteiger partial charge in [-0.1, -0.05) is 40.2 Å². The maximum Gasteiger partial charge on any atom is 0.312 e. The monoisotopic (exact) mass is 1090 g/mol. The van der Waals surface area contributed by atoms with Gasteiger partial charge >= 0.3 is 6.03 Å². The minimum Gasteiger partial charge on any atom is -0.484 e. The fourth-order valence-electron chi connectivity index (χ4n) is 8.78. The van der Waals surface area contributed by atoms with E-state index in [1.807, 2.05) is 18.7 Å². The number of aromatic nitrogens is 1. The van der Waals surface area contributed by atoms with Crippen LogP contribution in [0.5, 0.6) is 5.75 Å². The molecule has 79 heavy (non-hydrogen) atoms. The van der Waals surface area contributed by atoms with E-state index < -0.39 is 42.3 Å². The molecule has 5 rings (SSSR count). The van der Waals surface area contributed by atoms with Crippen LogP contribution < -0.4 is 42.8 Å². The molecule has 22 nitrogen and oxygen atoms in total. The number of aryl methyl sites for hydroxylation is 1. The Hall–Kier alpha value is -8.56. The second-order valence-corrected chi connectivity index (χ2v) is 19.7. The van der Waals surface area contributed by atoms with Crippen LogP contribution in [0.3, 0.4) is 0 Å². The average Bonchev–Trinajstić information content (AvgIpc) is 3.66. The van der Waals surface area contributed by atoms with Crippen molar-refractivity contribution in [2.45, 2.75) is 111 Å². The lowest BCUT2D eigenvalue weighted by atomic mass is 9.89. The van der Waals surface area contributed by atoms with Gasteiger partial charge in [0.2, 0.25) is 17.7 Å². The molecule has 2 aliphatic heterocycles. The van der Waals surface area contributed by atoms with E-state index in [4.69, 9.17) is 16.2 Å². The first kappa shape index (κ1) is 61.3. The van der Waals surface area contributed by atoms with Crippen LogP contribution in [0.2, 0.25) is 0 Å². The molecule has 1 aromatic heterocycles. The highest BCUT2D eigenvalue weighted by molar-refractivity contribution is 6.13. The molecule has 3 heterocycles. The number of imide groups is 1. The summed E-state index contributed by atoms with van der Waals surface area (Å²) in [6.07, 6.45) is 11.6. The van der Waals surface area contributed by atoms with Crippen LogP contribution in [-0.4, -0.2) is 125 Å². The van der Waals surface area contributed by atoms with Gasteiger partial charge in [0.1, 0.15) is 11.6 Å². The predicted molar refractivity (Wildman–Crippen MR) is 298 cm³/mol. The normalized spacial score (nSPS) is 13.5. The Morgan fingerprint density at radius 1 is 0.810 bits per heavy atom. The number of Topliss-reactive ketones (excluding diaryl/α,β-unsaturated/α-hetero) is 2. The minimum absolute atomic E-state index is 0.0779. The molecule has 0 saturated heterocycles. The number of unbranched alkanes of at least 4 members (excludes halogenated alkanes) is 2. The molecule has 2 aromatic carbocycles.